The zero-order valence-corrected chi connectivity index (χ0v) is 12.1. The minimum atomic E-state index is -0.600. The lowest BCUT2D eigenvalue weighted by molar-refractivity contribution is -0.120. The fourth-order valence-electron chi connectivity index (χ4n) is 1.38. The molecular formula is C12H15Cl2N3O2. The molecule has 1 aromatic carbocycles. The summed E-state index contributed by atoms with van der Waals surface area (Å²) in [5.74, 6) is -0.443. The molecule has 0 aliphatic rings. The van der Waals surface area contributed by atoms with Gasteiger partial charge in [0.2, 0.25) is 5.91 Å². The molecule has 0 aromatic heterocycles. The van der Waals surface area contributed by atoms with E-state index in [2.05, 4.69) is 16.0 Å². The van der Waals surface area contributed by atoms with E-state index in [0.29, 0.717) is 22.3 Å². The molecule has 0 fully saturated rings. The molecule has 1 unspecified atom stereocenters. The Bertz CT molecular complexity index is 460. The highest BCUT2D eigenvalue weighted by atomic mass is 35.5. The molecule has 19 heavy (non-hydrogen) atoms. The van der Waals surface area contributed by atoms with Crippen LogP contribution >= 0.6 is 23.2 Å². The fourth-order valence-corrected chi connectivity index (χ4v) is 1.90. The first kappa shape index (κ1) is 15.6. The molecule has 7 heteroatoms. The topological polar surface area (TPSA) is 70.2 Å². The van der Waals surface area contributed by atoms with Gasteiger partial charge in [-0.15, -0.1) is 0 Å². The van der Waals surface area contributed by atoms with Crippen LogP contribution in [0.25, 0.3) is 0 Å². The summed E-state index contributed by atoms with van der Waals surface area (Å²) in [6, 6.07) is 3.75. The molecule has 0 saturated carbocycles. The second-order valence-corrected chi connectivity index (χ2v) is 4.75. The van der Waals surface area contributed by atoms with Gasteiger partial charge < -0.3 is 10.6 Å². The number of rotatable bonds is 4. The largest absolute Gasteiger partial charge is 0.374 e. The van der Waals surface area contributed by atoms with Crippen molar-refractivity contribution in [3.8, 4) is 0 Å². The highest BCUT2D eigenvalue weighted by molar-refractivity contribution is 6.35. The molecule has 3 amide bonds. The van der Waals surface area contributed by atoms with Crippen LogP contribution in [0.5, 0.6) is 0 Å². The molecule has 0 radical (unpaired) electrons. The van der Waals surface area contributed by atoms with Crippen molar-refractivity contribution in [3.05, 3.63) is 28.2 Å². The van der Waals surface area contributed by atoms with Gasteiger partial charge in [-0.25, -0.2) is 4.79 Å². The smallest absolute Gasteiger partial charge is 0.321 e. The van der Waals surface area contributed by atoms with Crippen LogP contribution in [0.4, 0.5) is 10.5 Å². The van der Waals surface area contributed by atoms with Crippen molar-refractivity contribution in [1.82, 2.24) is 10.6 Å². The maximum absolute atomic E-state index is 11.7. The van der Waals surface area contributed by atoms with Gasteiger partial charge in [-0.1, -0.05) is 23.2 Å². The monoisotopic (exact) mass is 303 g/mol. The SMILES string of the molecule is CCNC(=O)NC(=O)C(C)Nc1cc(Cl)cc(Cl)c1. The van der Waals surface area contributed by atoms with Crippen LogP contribution in [0.1, 0.15) is 13.8 Å². The van der Waals surface area contributed by atoms with Crippen LogP contribution in [0.2, 0.25) is 10.0 Å². The number of carbonyl (C=O) groups excluding carboxylic acids is 2. The van der Waals surface area contributed by atoms with Gasteiger partial charge in [0.15, 0.2) is 0 Å². The van der Waals surface area contributed by atoms with Crippen molar-refractivity contribution in [2.45, 2.75) is 19.9 Å². The number of benzene rings is 1. The van der Waals surface area contributed by atoms with Crippen LogP contribution in [0, 0.1) is 0 Å². The van der Waals surface area contributed by atoms with Crippen LogP contribution in [0.3, 0.4) is 0 Å². The Morgan fingerprint density at radius 1 is 1.21 bits per heavy atom. The van der Waals surface area contributed by atoms with E-state index in [-0.39, 0.29) is 0 Å². The zero-order valence-electron chi connectivity index (χ0n) is 10.6. The molecule has 0 saturated heterocycles. The van der Waals surface area contributed by atoms with Gasteiger partial charge in [-0.3, -0.25) is 10.1 Å². The van der Waals surface area contributed by atoms with E-state index in [1.807, 2.05) is 0 Å². The summed E-state index contributed by atoms with van der Waals surface area (Å²) in [5.41, 5.74) is 0.607. The van der Waals surface area contributed by atoms with Gasteiger partial charge in [0, 0.05) is 22.3 Å². The lowest BCUT2D eigenvalue weighted by atomic mass is 10.2. The van der Waals surface area contributed by atoms with Crippen molar-refractivity contribution in [2.24, 2.45) is 0 Å². The quantitative estimate of drug-likeness (QED) is 0.801. The van der Waals surface area contributed by atoms with Gasteiger partial charge in [0.1, 0.15) is 6.04 Å². The standard InChI is InChI=1S/C12H15Cl2N3O2/c1-3-15-12(19)17-11(18)7(2)16-10-5-8(13)4-9(14)6-10/h4-7,16H,3H2,1-2H3,(H2,15,17,18,19). The number of hydrogen-bond acceptors (Lipinski definition) is 3. The molecule has 0 aliphatic heterocycles. The van der Waals surface area contributed by atoms with Gasteiger partial charge >= 0.3 is 6.03 Å². The van der Waals surface area contributed by atoms with Gasteiger partial charge in [-0.05, 0) is 32.0 Å². The van der Waals surface area contributed by atoms with Crippen molar-refractivity contribution >= 4 is 40.8 Å². The second-order valence-electron chi connectivity index (χ2n) is 3.87. The Hall–Kier alpha value is -1.46. The van der Waals surface area contributed by atoms with E-state index in [0.717, 1.165) is 0 Å². The summed E-state index contributed by atoms with van der Waals surface area (Å²) in [7, 11) is 0. The van der Waals surface area contributed by atoms with Crippen LogP contribution in [-0.4, -0.2) is 24.5 Å². The van der Waals surface area contributed by atoms with Crippen LogP contribution in [0.15, 0.2) is 18.2 Å². The average Bonchev–Trinajstić information content (AvgIpc) is 2.27. The molecule has 1 atom stereocenters. The van der Waals surface area contributed by atoms with Crippen molar-refractivity contribution in [2.75, 3.05) is 11.9 Å². The predicted molar refractivity (Wildman–Crippen MR) is 76.8 cm³/mol. The van der Waals surface area contributed by atoms with Gasteiger partial charge in [-0.2, -0.15) is 0 Å². The van der Waals surface area contributed by atoms with Crippen LogP contribution < -0.4 is 16.0 Å². The molecule has 0 heterocycles. The summed E-state index contributed by atoms with van der Waals surface area (Å²) in [6.45, 7) is 3.84. The van der Waals surface area contributed by atoms with E-state index >= 15 is 0 Å². The summed E-state index contributed by atoms with van der Waals surface area (Å²) in [4.78, 5) is 22.9. The number of amides is 3. The van der Waals surface area contributed by atoms with Crippen molar-refractivity contribution in [1.29, 1.82) is 0 Å². The first-order valence-electron chi connectivity index (χ1n) is 5.73. The molecule has 0 aliphatic carbocycles. The molecular weight excluding hydrogens is 289 g/mol. The minimum absolute atomic E-state index is 0.443. The molecule has 0 bridgehead atoms. The summed E-state index contributed by atoms with van der Waals surface area (Å²) < 4.78 is 0. The van der Waals surface area contributed by atoms with E-state index < -0.39 is 18.0 Å². The summed E-state index contributed by atoms with van der Waals surface area (Å²) >= 11 is 11.7. The lowest BCUT2D eigenvalue weighted by Crippen LogP contribution is -2.45. The first-order valence-corrected chi connectivity index (χ1v) is 6.49. The highest BCUT2D eigenvalue weighted by Crippen LogP contribution is 2.22. The van der Waals surface area contributed by atoms with E-state index in [1.165, 1.54) is 0 Å². The lowest BCUT2D eigenvalue weighted by Gasteiger charge is -2.15. The Balaban J connectivity index is 2.60. The second kappa shape index (κ2) is 7.21. The third kappa shape index (κ3) is 5.36. The molecule has 1 aromatic rings. The van der Waals surface area contributed by atoms with Crippen LogP contribution in [-0.2, 0) is 4.79 Å². The molecule has 104 valence electrons. The minimum Gasteiger partial charge on any atom is -0.374 e. The number of urea groups is 1. The molecule has 0 spiro atoms. The predicted octanol–water partition coefficient (Wildman–Crippen LogP) is 2.64. The Labute approximate surface area is 121 Å². The molecule has 3 N–H and O–H groups in total. The molecule has 5 nitrogen and oxygen atoms in total. The highest BCUT2D eigenvalue weighted by Gasteiger charge is 2.15. The van der Waals surface area contributed by atoms with Gasteiger partial charge in [0.25, 0.3) is 0 Å². The number of carbonyl (C=O) groups is 2. The summed E-state index contributed by atoms with van der Waals surface area (Å²) in [5, 5.41) is 8.52. The third-order valence-corrected chi connectivity index (χ3v) is 2.65. The fraction of sp³-hybridized carbons (Fsp3) is 0.333. The number of hydrogen-bond donors (Lipinski definition) is 3. The summed E-state index contributed by atoms with van der Waals surface area (Å²) in [6.07, 6.45) is 0. The first-order chi connectivity index (χ1) is 8.92. The number of imide groups is 1. The average molecular weight is 304 g/mol. The van der Waals surface area contributed by atoms with E-state index in [4.69, 9.17) is 23.2 Å². The Morgan fingerprint density at radius 2 is 1.79 bits per heavy atom. The van der Waals surface area contributed by atoms with E-state index in [9.17, 15) is 9.59 Å². The Morgan fingerprint density at radius 3 is 2.32 bits per heavy atom. The molecule has 1 rings (SSSR count). The maximum Gasteiger partial charge on any atom is 0.321 e. The zero-order chi connectivity index (χ0) is 14.4. The number of halogens is 2. The number of anilines is 1. The van der Waals surface area contributed by atoms with Gasteiger partial charge in [0.05, 0.1) is 0 Å². The number of nitrogens with one attached hydrogen (secondary N) is 3. The Kier molecular flexibility index (Phi) is 5.92. The maximum atomic E-state index is 11.7. The van der Waals surface area contributed by atoms with Crippen molar-refractivity contribution in [3.63, 3.8) is 0 Å². The van der Waals surface area contributed by atoms with Crippen molar-refractivity contribution < 1.29 is 9.59 Å². The normalized spacial score (nSPS) is 11.6. The third-order valence-electron chi connectivity index (χ3n) is 2.21. The van der Waals surface area contributed by atoms with E-state index in [1.54, 1.807) is 32.0 Å².